The van der Waals surface area contributed by atoms with Crippen molar-refractivity contribution in [2.45, 2.75) is 27.4 Å². The van der Waals surface area contributed by atoms with Gasteiger partial charge in [0.15, 0.2) is 16.7 Å². The van der Waals surface area contributed by atoms with E-state index in [9.17, 15) is 9.59 Å². The number of rotatable bonds is 9. The van der Waals surface area contributed by atoms with E-state index < -0.39 is 5.97 Å². The molecule has 1 aliphatic rings. The van der Waals surface area contributed by atoms with Gasteiger partial charge in [0.05, 0.1) is 17.1 Å². The number of aromatic carboxylic acids is 1. The Kier molecular flexibility index (Phi) is 7.94. The van der Waals surface area contributed by atoms with E-state index in [1.165, 1.54) is 11.8 Å². The lowest BCUT2D eigenvalue weighted by Crippen LogP contribution is -2.28. The first-order valence-corrected chi connectivity index (χ1v) is 11.3. The van der Waals surface area contributed by atoms with E-state index >= 15 is 0 Å². The van der Waals surface area contributed by atoms with Crippen LogP contribution in [0.1, 0.15) is 42.3 Å². The number of aliphatic imine (C=N–C) groups is 1. The first-order valence-electron chi connectivity index (χ1n) is 10.4. The third kappa shape index (κ3) is 5.50. The van der Waals surface area contributed by atoms with Crippen LogP contribution in [0.3, 0.4) is 0 Å². The number of benzene rings is 2. The number of ether oxygens (including phenoxy) is 2. The molecular formula is C24H26N2O5S. The molecule has 1 saturated heterocycles. The number of carboxylic acids is 1. The highest BCUT2D eigenvalue weighted by molar-refractivity contribution is 8.18. The SMILES string of the molecule is CCN=C1S/C(=C/c2ccc(OCc3ccc(C(=O)O)cc3)c(OCC)c2)C(=O)N1CC. The van der Waals surface area contributed by atoms with Gasteiger partial charge in [-0.25, -0.2) is 4.79 Å². The van der Waals surface area contributed by atoms with Gasteiger partial charge in [0, 0.05) is 13.1 Å². The molecule has 0 aliphatic carbocycles. The van der Waals surface area contributed by atoms with E-state index in [4.69, 9.17) is 14.6 Å². The number of hydrogen-bond donors (Lipinski definition) is 1. The highest BCUT2D eigenvalue weighted by Crippen LogP contribution is 2.35. The second-order valence-electron chi connectivity index (χ2n) is 6.85. The minimum Gasteiger partial charge on any atom is -0.490 e. The minimum atomic E-state index is -0.963. The zero-order chi connectivity index (χ0) is 23.1. The molecule has 0 atom stereocenters. The molecule has 1 N–H and O–H groups in total. The smallest absolute Gasteiger partial charge is 0.335 e. The number of carbonyl (C=O) groups is 2. The maximum atomic E-state index is 12.7. The summed E-state index contributed by atoms with van der Waals surface area (Å²) < 4.78 is 11.7. The summed E-state index contributed by atoms with van der Waals surface area (Å²) in [5.74, 6) is 0.141. The van der Waals surface area contributed by atoms with Gasteiger partial charge in [0.2, 0.25) is 0 Å². The summed E-state index contributed by atoms with van der Waals surface area (Å²) in [6.45, 7) is 7.71. The first-order chi connectivity index (χ1) is 15.5. The van der Waals surface area contributed by atoms with Gasteiger partial charge < -0.3 is 14.6 Å². The van der Waals surface area contributed by atoms with Crippen LogP contribution in [0, 0.1) is 0 Å². The van der Waals surface area contributed by atoms with Crippen molar-refractivity contribution in [2.75, 3.05) is 19.7 Å². The number of carboxylic acid groups (broad SMARTS) is 1. The molecule has 168 valence electrons. The van der Waals surface area contributed by atoms with Gasteiger partial charge in [-0.1, -0.05) is 18.2 Å². The molecule has 1 amide bonds. The zero-order valence-corrected chi connectivity index (χ0v) is 19.1. The van der Waals surface area contributed by atoms with Gasteiger partial charge in [-0.15, -0.1) is 0 Å². The zero-order valence-electron chi connectivity index (χ0n) is 18.3. The van der Waals surface area contributed by atoms with Crippen molar-refractivity contribution in [3.8, 4) is 11.5 Å². The van der Waals surface area contributed by atoms with Crippen molar-refractivity contribution < 1.29 is 24.2 Å². The Morgan fingerprint density at radius 2 is 1.84 bits per heavy atom. The second kappa shape index (κ2) is 10.9. The van der Waals surface area contributed by atoms with Crippen LogP contribution in [-0.4, -0.2) is 46.7 Å². The summed E-state index contributed by atoms with van der Waals surface area (Å²) in [6, 6.07) is 12.1. The molecule has 0 spiro atoms. The molecule has 1 aliphatic heterocycles. The van der Waals surface area contributed by atoms with Crippen LogP contribution < -0.4 is 9.47 Å². The Morgan fingerprint density at radius 3 is 2.47 bits per heavy atom. The maximum absolute atomic E-state index is 12.7. The monoisotopic (exact) mass is 454 g/mol. The molecule has 3 rings (SSSR count). The highest BCUT2D eigenvalue weighted by Gasteiger charge is 2.31. The van der Waals surface area contributed by atoms with Crippen molar-refractivity contribution in [3.05, 3.63) is 64.1 Å². The van der Waals surface area contributed by atoms with Crippen molar-refractivity contribution in [1.29, 1.82) is 0 Å². The highest BCUT2D eigenvalue weighted by atomic mass is 32.2. The average molecular weight is 455 g/mol. The lowest BCUT2D eigenvalue weighted by atomic mass is 10.1. The summed E-state index contributed by atoms with van der Waals surface area (Å²) in [7, 11) is 0. The second-order valence-corrected chi connectivity index (χ2v) is 7.86. The van der Waals surface area contributed by atoms with Gasteiger partial charge in [0.25, 0.3) is 5.91 Å². The number of nitrogens with zero attached hydrogens (tertiary/aromatic N) is 2. The predicted octanol–water partition coefficient (Wildman–Crippen LogP) is 4.67. The normalized spacial score (nSPS) is 16.1. The largest absolute Gasteiger partial charge is 0.490 e. The number of amides is 1. The van der Waals surface area contributed by atoms with Crippen molar-refractivity contribution in [3.63, 3.8) is 0 Å². The number of hydrogen-bond acceptors (Lipinski definition) is 6. The van der Waals surface area contributed by atoms with Gasteiger partial charge in [-0.3, -0.25) is 14.7 Å². The fraction of sp³-hybridized carbons (Fsp3) is 0.292. The molecule has 0 bridgehead atoms. The third-order valence-electron chi connectivity index (χ3n) is 4.66. The summed E-state index contributed by atoms with van der Waals surface area (Å²) in [6.07, 6.45) is 1.84. The minimum absolute atomic E-state index is 0.0483. The Labute approximate surface area is 191 Å². The molecule has 2 aromatic rings. The van der Waals surface area contributed by atoms with E-state index in [0.29, 0.717) is 36.1 Å². The fourth-order valence-corrected chi connectivity index (χ4v) is 4.20. The van der Waals surface area contributed by atoms with E-state index in [0.717, 1.165) is 16.3 Å². The van der Waals surface area contributed by atoms with Crippen LogP contribution in [0.2, 0.25) is 0 Å². The van der Waals surface area contributed by atoms with Crippen molar-refractivity contribution in [2.24, 2.45) is 4.99 Å². The van der Waals surface area contributed by atoms with Crippen LogP contribution in [0.15, 0.2) is 52.4 Å². The van der Waals surface area contributed by atoms with E-state index in [1.54, 1.807) is 29.2 Å². The fourth-order valence-electron chi connectivity index (χ4n) is 3.10. The summed E-state index contributed by atoms with van der Waals surface area (Å²) in [5.41, 5.74) is 1.91. The number of thioether (sulfide) groups is 1. The van der Waals surface area contributed by atoms with Crippen LogP contribution in [0.4, 0.5) is 0 Å². The average Bonchev–Trinajstić information content (AvgIpc) is 3.08. The van der Waals surface area contributed by atoms with Crippen LogP contribution in [-0.2, 0) is 11.4 Å². The molecule has 0 unspecified atom stereocenters. The van der Waals surface area contributed by atoms with Gasteiger partial charge in [-0.2, -0.15) is 0 Å². The van der Waals surface area contributed by atoms with Crippen LogP contribution in [0.25, 0.3) is 6.08 Å². The molecule has 1 fully saturated rings. The number of likely N-dealkylation sites (N-methyl/N-ethyl adjacent to an activating group) is 1. The van der Waals surface area contributed by atoms with Gasteiger partial charge in [-0.05, 0) is 74.0 Å². The Hall–Kier alpha value is -3.26. The van der Waals surface area contributed by atoms with Gasteiger partial charge in [0.1, 0.15) is 6.61 Å². The summed E-state index contributed by atoms with van der Waals surface area (Å²) in [4.78, 5) is 30.4. The third-order valence-corrected chi connectivity index (χ3v) is 5.70. The predicted molar refractivity (Wildman–Crippen MR) is 126 cm³/mol. The molecule has 32 heavy (non-hydrogen) atoms. The van der Waals surface area contributed by atoms with Crippen LogP contribution >= 0.6 is 11.8 Å². The molecule has 8 heteroatoms. The number of carbonyl (C=O) groups excluding carboxylic acids is 1. The molecule has 0 aromatic heterocycles. The van der Waals surface area contributed by atoms with Crippen molar-refractivity contribution >= 4 is 34.9 Å². The molecular weight excluding hydrogens is 428 g/mol. The molecule has 2 aromatic carbocycles. The van der Waals surface area contributed by atoms with E-state index in [-0.39, 0.29) is 18.1 Å². The summed E-state index contributed by atoms with van der Waals surface area (Å²) >= 11 is 1.38. The lowest BCUT2D eigenvalue weighted by Gasteiger charge is -2.13. The van der Waals surface area contributed by atoms with Gasteiger partial charge >= 0.3 is 5.97 Å². The Balaban J connectivity index is 1.78. The molecule has 0 radical (unpaired) electrons. The number of amidine groups is 1. The quantitative estimate of drug-likeness (QED) is 0.554. The summed E-state index contributed by atoms with van der Waals surface area (Å²) in [5, 5.41) is 9.74. The van der Waals surface area contributed by atoms with E-state index in [1.807, 2.05) is 45.0 Å². The standard InChI is InChI=1S/C24H26N2O5S/c1-4-25-24-26(5-2)22(27)21(32-24)14-17-9-12-19(20(13-17)30-6-3)31-15-16-7-10-18(11-8-16)23(28)29/h7-14H,4-6,15H2,1-3H3,(H,28,29)/b21-14+,25-24?. The molecule has 1 heterocycles. The maximum Gasteiger partial charge on any atom is 0.335 e. The molecule has 0 saturated carbocycles. The Morgan fingerprint density at radius 1 is 1.09 bits per heavy atom. The van der Waals surface area contributed by atoms with Crippen LogP contribution in [0.5, 0.6) is 11.5 Å². The topological polar surface area (TPSA) is 88.4 Å². The molecule has 7 nitrogen and oxygen atoms in total. The lowest BCUT2D eigenvalue weighted by molar-refractivity contribution is -0.122. The van der Waals surface area contributed by atoms with E-state index in [2.05, 4.69) is 4.99 Å². The Bertz CT molecular complexity index is 1050. The first kappa shape index (κ1) is 23.4. The van der Waals surface area contributed by atoms with Crippen molar-refractivity contribution in [1.82, 2.24) is 4.90 Å².